The van der Waals surface area contributed by atoms with E-state index in [-0.39, 0.29) is 10.6 Å². The van der Waals surface area contributed by atoms with E-state index in [1.807, 2.05) is 12.1 Å². The summed E-state index contributed by atoms with van der Waals surface area (Å²) in [5, 5.41) is 0. The van der Waals surface area contributed by atoms with E-state index in [0.29, 0.717) is 0 Å². The highest BCUT2D eigenvalue weighted by atomic mass is 127. The number of benzene rings is 1. The van der Waals surface area contributed by atoms with Crippen molar-refractivity contribution in [3.63, 3.8) is 0 Å². The Kier molecular flexibility index (Phi) is 4.26. The lowest BCUT2D eigenvalue weighted by atomic mass is 10.1. The van der Waals surface area contributed by atoms with Crippen LogP contribution in [-0.4, -0.2) is 0 Å². The van der Waals surface area contributed by atoms with E-state index in [4.69, 9.17) is 11.6 Å². The van der Waals surface area contributed by atoms with Crippen LogP contribution in [0.2, 0.25) is 4.34 Å². The van der Waals surface area contributed by atoms with Crippen molar-refractivity contribution < 1.29 is 4.39 Å². The molecule has 0 saturated heterocycles. The van der Waals surface area contributed by atoms with E-state index in [1.54, 1.807) is 6.07 Å². The van der Waals surface area contributed by atoms with E-state index in [0.717, 1.165) is 18.3 Å². The van der Waals surface area contributed by atoms with Gasteiger partial charge in [0, 0.05) is 8.45 Å². The maximum Gasteiger partial charge on any atom is 0.124 e. The SMILES string of the molecule is Fc1ccc(C(Br)c2ccc(Cl)s2)c(I)c1. The number of alkyl halides is 1. The summed E-state index contributed by atoms with van der Waals surface area (Å²) in [7, 11) is 0. The van der Waals surface area contributed by atoms with Gasteiger partial charge in [-0.1, -0.05) is 33.6 Å². The van der Waals surface area contributed by atoms with E-state index in [1.165, 1.54) is 23.5 Å². The van der Waals surface area contributed by atoms with E-state index >= 15 is 0 Å². The average Bonchev–Trinajstić information content (AvgIpc) is 2.64. The minimum absolute atomic E-state index is 0.0671. The smallest absolute Gasteiger partial charge is 0.124 e. The maximum atomic E-state index is 13.0. The number of halogens is 4. The lowest BCUT2D eigenvalue weighted by Gasteiger charge is -2.10. The Balaban J connectivity index is 2.37. The first kappa shape index (κ1) is 12.8. The van der Waals surface area contributed by atoms with E-state index in [9.17, 15) is 4.39 Å². The van der Waals surface area contributed by atoms with E-state index < -0.39 is 0 Å². The molecule has 0 aliphatic heterocycles. The summed E-state index contributed by atoms with van der Waals surface area (Å²) in [5.41, 5.74) is 1.06. The molecule has 0 aliphatic rings. The zero-order chi connectivity index (χ0) is 11.7. The van der Waals surface area contributed by atoms with Crippen molar-refractivity contribution in [2.45, 2.75) is 4.83 Å². The molecule has 0 saturated carbocycles. The molecule has 16 heavy (non-hydrogen) atoms. The predicted octanol–water partition coefficient (Wildman–Crippen LogP) is 5.63. The zero-order valence-electron chi connectivity index (χ0n) is 7.88. The molecule has 2 rings (SSSR count). The fourth-order valence-corrected chi connectivity index (χ4v) is 4.43. The summed E-state index contributed by atoms with van der Waals surface area (Å²) in [4.78, 5) is 1.19. The number of thiophene rings is 1. The van der Waals surface area contributed by atoms with Crippen molar-refractivity contribution in [3.8, 4) is 0 Å². The van der Waals surface area contributed by atoms with Gasteiger partial charge in [0.1, 0.15) is 5.82 Å². The van der Waals surface area contributed by atoms with Crippen LogP contribution < -0.4 is 0 Å². The Labute approximate surface area is 124 Å². The quantitative estimate of drug-likeness (QED) is 0.427. The summed E-state index contributed by atoms with van der Waals surface area (Å²) < 4.78 is 14.6. The fourth-order valence-electron chi connectivity index (χ4n) is 1.32. The van der Waals surface area contributed by atoms with Crippen molar-refractivity contribution in [2.24, 2.45) is 0 Å². The van der Waals surface area contributed by atoms with Gasteiger partial charge in [-0.2, -0.15) is 0 Å². The molecule has 1 unspecified atom stereocenters. The molecule has 0 fully saturated rings. The highest BCUT2D eigenvalue weighted by Crippen LogP contribution is 2.38. The molecule has 1 aromatic heterocycles. The molecule has 84 valence electrons. The third-order valence-electron chi connectivity index (χ3n) is 2.08. The van der Waals surface area contributed by atoms with Gasteiger partial charge in [0.2, 0.25) is 0 Å². The van der Waals surface area contributed by atoms with Crippen LogP contribution in [0.1, 0.15) is 15.3 Å². The van der Waals surface area contributed by atoms with Gasteiger partial charge in [-0.3, -0.25) is 0 Å². The minimum atomic E-state index is -0.211. The van der Waals surface area contributed by atoms with Gasteiger partial charge in [-0.25, -0.2) is 4.39 Å². The number of hydrogen-bond donors (Lipinski definition) is 0. The van der Waals surface area contributed by atoms with Gasteiger partial charge in [0.05, 0.1) is 9.16 Å². The third kappa shape index (κ3) is 2.78. The molecule has 0 spiro atoms. The first-order valence-electron chi connectivity index (χ1n) is 4.42. The van der Waals surface area contributed by atoms with Gasteiger partial charge in [-0.05, 0) is 52.4 Å². The average molecular weight is 431 g/mol. The van der Waals surface area contributed by atoms with Crippen LogP contribution in [0.25, 0.3) is 0 Å². The summed E-state index contributed by atoms with van der Waals surface area (Å²) in [6.07, 6.45) is 0. The summed E-state index contributed by atoms with van der Waals surface area (Å²) in [6, 6.07) is 8.64. The highest BCUT2D eigenvalue weighted by Gasteiger charge is 2.15. The maximum absolute atomic E-state index is 13.0. The summed E-state index contributed by atoms with van der Waals surface area (Å²) in [6.45, 7) is 0. The second-order valence-corrected chi connectivity index (χ2v) is 6.99. The Morgan fingerprint density at radius 2 is 2.06 bits per heavy atom. The zero-order valence-corrected chi connectivity index (χ0v) is 13.2. The second-order valence-electron chi connectivity index (χ2n) is 3.17. The fraction of sp³-hybridized carbons (Fsp3) is 0.0909. The predicted molar refractivity (Wildman–Crippen MR) is 79.2 cm³/mol. The Bertz CT molecular complexity index is 514. The van der Waals surface area contributed by atoms with Gasteiger partial charge >= 0.3 is 0 Å². The third-order valence-corrected chi connectivity index (χ3v) is 5.60. The highest BCUT2D eigenvalue weighted by molar-refractivity contribution is 14.1. The molecule has 5 heteroatoms. The Morgan fingerprint density at radius 1 is 1.31 bits per heavy atom. The van der Waals surface area contributed by atoms with Crippen LogP contribution in [0.3, 0.4) is 0 Å². The first-order valence-corrected chi connectivity index (χ1v) is 7.61. The van der Waals surface area contributed by atoms with Crippen LogP contribution in [0.4, 0.5) is 4.39 Å². The molecular weight excluding hydrogens is 425 g/mol. The van der Waals surface area contributed by atoms with Gasteiger partial charge in [0.25, 0.3) is 0 Å². The van der Waals surface area contributed by atoms with Crippen molar-refractivity contribution in [1.82, 2.24) is 0 Å². The largest absolute Gasteiger partial charge is 0.207 e. The number of rotatable bonds is 2. The molecule has 0 amide bonds. The first-order chi connectivity index (χ1) is 7.58. The standard InChI is InChI=1S/C11H6BrClFIS/c12-11(9-3-4-10(13)16-9)7-2-1-6(14)5-8(7)15/h1-5,11H. The van der Waals surface area contributed by atoms with Crippen molar-refractivity contribution in [2.75, 3.05) is 0 Å². The van der Waals surface area contributed by atoms with Gasteiger partial charge < -0.3 is 0 Å². The van der Waals surface area contributed by atoms with Crippen LogP contribution in [-0.2, 0) is 0 Å². The van der Waals surface area contributed by atoms with Crippen molar-refractivity contribution >= 4 is 61.5 Å². The summed E-state index contributed by atoms with van der Waals surface area (Å²) in [5.74, 6) is -0.211. The van der Waals surface area contributed by atoms with Gasteiger partial charge in [0.15, 0.2) is 0 Å². The summed E-state index contributed by atoms with van der Waals surface area (Å²) >= 11 is 13.2. The van der Waals surface area contributed by atoms with Crippen LogP contribution >= 0.6 is 61.5 Å². The Morgan fingerprint density at radius 3 is 2.62 bits per heavy atom. The van der Waals surface area contributed by atoms with Crippen LogP contribution in [0, 0.1) is 9.39 Å². The molecular formula is C11H6BrClFIS. The van der Waals surface area contributed by atoms with E-state index in [2.05, 4.69) is 38.5 Å². The molecule has 1 heterocycles. The monoisotopic (exact) mass is 430 g/mol. The molecule has 2 aromatic rings. The van der Waals surface area contributed by atoms with Crippen molar-refractivity contribution in [3.05, 3.63) is 54.5 Å². The van der Waals surface area contributed by atoms with Crippen molar-refractivity contribution in [1.29, 1.82) is 0 Å². The molecule has 0 radical (unpaired) electrons. The lowest BCUT2D eigenvalue weighted by molar-refractivity contribution is 0.626. The number of hydrogen-bond acceptors (Lipinski definition) is 1. The molecule has 0 N–H and O–H groups in total. The lowest BCUT2D eigenvalue weighted by Crippen LogP contribution is -1.94. The minimum Gasteiger partial charge on any atom is -0.207 e. The molecule has 1 atom stereocenters. The van der Waals surface area contributed by atoms with Crippen LogP contribution in [0.5, 0.6) is 0 Å². The molecule has 0 nitrogen and oxygen atoms in total. The van der Waals surface area contributed by atoms with Crippen LogP contribution in [0.15, 0.2) is 30.3 Å². The molecule has 0 aliphatic carbocycles. The Hall–Kier alpha value is 0.350. The molecule has 1 aromatic carbocycles. The molecule has 0 bridgehead atoms. The second kappa shape index (κ2) is 5.33. The normalized spacial score (nSPS) is 12.8. The van der Waals surface area contributed by atoms with Gasteiger partial charge in [-0.15, -0.1) is 11.3 Å². The topological polar surface area (TPSA) is 0 Å².